The van der Waals surface area contributed by atoms with Gasteiger partial charge in [-0.15, -0.1) is 11.8 Å². The number of thioether (sulfide) groups is 1. The third kappa shape index (κ3) is 7.32. The zero-order chi connectivity index (χ0) is 28.7. The molecule has 0 aliphatic rings. The number of urea groups is 1. The Labute approximate surface area is 237 Å². The highest BCUT2D eigenvalue weighted by Gasteiger charge is 2.22. The average Bonchev–Trinajstić information content (AvgIpc) is 3.34. The Hall–Kier alpha value is -4.51. The van der Waals surface area contributed by atoms with Crippen molar-refractivity contribution in [2.24, 2.45) is 0 Å². The Kier molecular flexibility index (Phi) is 8.95. The summed E-state index contributed by atoms with van der Waals surface area (Å²) in [4.78, 5) is 29.7. The summed E-state index contributed by atoms with van der Waals surface area (Å²) in [5.41, 5.74) is 2.13. The molecule has 0 atom stereocenters. The minimum atomic E-state index is -0.591. The van der Waals surface area contributed by atoms with Gasteiger partial charge in [-0.1, -0.05) is 39.0 Å². The van der Waals surface area contributed by atoms with Crippen molar-refractivity contribution >= 4 is 41.2 Å². The normalized spacial score (nSPS) is 11.0. The number of carbonyl (C=O) groups excluding carboxylic acids is 2. The number of hydrogen-bond donors (Lipinski definition) is 3. The number of rotatable bonds is 8. The molecule has 0 saturated carbocycles. The van der Waals surface area contributed by atoms with Crippen LogP contribution in [0.4, 0.5) is 26.9 Å². The number of anilines is 3. The summed E-state index contributed by atoms with van der Waals surface area (Å²) >= 11 is 1.47. The lowest BCUT2D eigenvalue weighted by Crippen LogP contribution is -2.21. The molecule has 40 heavy (non-hydrogen) atoms. The monoisotopic (exact) mass is 560 g/mol. The average molecular weight is 561 g/mol. The van der Waals surface area contributed by atoms with E-state index >= 15 is 0 Å². The van der Waals surface area contributed by atoms with Crippen LogP contribution in [0.2, 0.25) is 0 Å². The molecule has 4 aromatic rings. The van der Waals surface area contributed by atoms with E-state index in [0.29, 0.717) is 28.8 Å². The van der Waals surface area contributed by atoms with E-state index in [2.05, 4.69) is 41.7 Å². The SMILES string of the molecule is CCOC(=O)Nc1cc(Oc2ccc(NC(=O)Nc3cc(C(C)(C)C)nn3-c3ccccc3)c(SC)c2)ccn1. The third-order valence-corrected chi connectivity index (χ3v) is 6.39. The van der Waals surface area contributed by atoms with Gasteiger partial charge in [0.1, 0.15) is 23.1 Å². The fourth-order valence-corrected chi connectivity index (χ4v) is 4.23. The number of ether oxygens (including phenoxy) is 2. The van der Waals surface area contributed by atoms with Gasteiger partial charge in [0, 0.05) is 28.6 Å². The van der Waals surface area contributed by atoms with Crippen molar-refractivity contribution in [3.63, 3.8) is 0 Å². The van der Waals surface area contributed by atoms with Crippen LogP contribution in [0.5, 0.6) is 11.5 Å². The molecule has 0 aliphatic carbocycles. The molecule has 10 nitrogen and oxygen atoms in total. The molecule has 2 aromatic carbocycles. The van der Waals surface area contributed by atoms with Crippen molar-refractivity contribution in [1.82, 2.24) is 14.8 Å². The maximum absolute atomic E-state index is 13.1. The number of pyridine rings is 1. The highest BCUT2D eigenvalue weighted by molar-refractivity contribution is 7.98. The Bertz CT molecular complexity index is 1480. The van der Waals surface area contributed by atoms with Crippen molar-refractivity contribution in [3.8, 4) is 17.2 Å². The second-order valence-corrected chi connectivity index (χ2v) is 10.5. The summed E-state index contributed by atoms with van der Waals surface area (Å²) in [6, 6.07) is 19.8. The van der Waals surface area contributed by atoms with E-state index in [4.69, 9.17) is 14.6 Å². The van der Waals surface area contributed by atoms with Gasteiger partial charge in [-0.05, 0) is 49.6 Å². The Morgan fingerprint density at radius 2 is 1.70 bits per heavy atom. The van der Waals surface area contributed by atoms with Crippen LogP contribution in [0.1, 0.15) is 33.4 Å². The minimum absolute atomic E-state index is 0.195. The molecule has 3 amide bonds. The summed E-state index contributed by atoms with van der Waals surface area (Å²) in [6.07, 6.45) is 2.85. The van der Waals surface area contributed by atoms with Gasteiger partial charge in [-0.3, -0.25) is 10.6 Å². The second-order valence-electron chi connectivity index (χ2n) is 9.68. The predicted octanol–water partition coefficient (Wildman–Crippen LogP) is 7.29. The first-order chi connectivity index (χ1) is 19.2. The number of nitrogens with one attached hydrogen (secondary N) is 3. The molecule has 2 heterocycles. The molecule has 0 radical (unpaired) electrons. The Morgan fingerprint density at radius 3 is 2.40 bits per heavy atom. The van der Waals surface area contributed by atoms with Gasteiger partial charge in [0.25, 0.3) is 0 Å². The highest BCUT2D eigenvalue weighted by Crippen LogP contribution is 2.33. The molecule has 11 heteroatoms. The summed E-state index contributed by atoms with van der Waals surface area (Å²) in [7, 11) is 0. The number of carbonyl (C=O) groups is 2. The lowest BCUT2D eigenvalue weighted by atomic mass is 9.92. The van der Waals surface area contributed by atoms with Gasteiger partial charge in [-0.2, -0.15) is 5.10 Å². The molecule has 0 aliphatic heterocycles. The Morgan fingerprint density at radius 1 is 0.950 bits per heavy atom. The molecule has 0 bridgehead atoms. The molecule has 2 aromatic heterocycles. The van der Waals surface area contributed by atoms with Crippen LogP contribution in [0.3, 0.4) is 0 Å². The quantitative estimate of drug-likeness (QED) is 0.194. The van der Waals surface area contributed by atoms with E-state index in [-0.39, 0.29) is 12.0 Å². The summed E-state index contributed by atoms with van der Waals surface area (Å²) in [6.45, 7) is 8.21. The first-order valence-electron chi connectivity index (χ1n) is 12.7. The number of benzene rings is 2. The van der Waals surface area contributed by atoms with Crippen molar-refractivity contribution in [2.75, 3.05) is 28.8 Å². The van der Waals surface area contributed by atoms with Crippen LogP contribution in [0.25, 0.3) is 5.69 Å². The van der Waals surface area contributed by atoms with E-state index in [1.807, 2.05) is 48.7 Å². The summed E-state index contributed by atoms with van der Waals surface area (Å²) in [5.74, 6) is 1.90. The van der Waals surface area contributed by atoms with E-state index in [9.17, 15) is 9.59 Å². The van der Waals surface area contributed by atoms with Crippen LogP contribution in [-0.4, -0.2) is 39.8 Å². The molecule has 0 fully saturated rings. The fraction of sp³-hybridized carbons (Fsp3) is 0.241. The minimum Gasteiger partial charge on any atom is -0.457 e. The first kappa shape index (κ1) is 28.5. The number of amides is 3. The number of nitrogens with zero attached hydrogens (tertiary/aromatic N) is 3. The smallest absolute Gasteiger partial charge is 0.412 e. The summed E-state index contributed by atoms with van der Waals surface area (Å²) < 4.78 is 12.6. The van der Waals surface area contributed by atoms with Crippen LogP contribution >= 0.6 is 11.8 Å². The lowest BCUT2D eigenvalue weighted by Gasteiger charge is -2.14. The molecule has 4 rings (SSSR count). The van der Waals surface area contributed by atoms with Gasteiger partial charge in [-0.25, -0.2) is 19.3 Å². The zero-order valence-corrected chi connectivity index (χ0v) is 23.8. The highest BCUT2D eigenvalue weighted by atomic mass is 32.2. The van der Waals surface area contributed by atoms with Crippen LogP contribution < -0.4 is 20.7 Å². The van der Waals surface area contributed by atoms with Crippen molar-refractivity contribution in [3.05, 3.63) is 78.6 Å². The first-order valence-corrected chi connectivity index (χ1v) is 13.9. The van der Waals surface area contributed by atoms with E-state index in [1.165, 1.54) is 18.0 Å². The van der Waals surface area contributed by atoms with Gasteiger partial charge in [0.2, 0.25) is 0 Å². The largest absolute Gasteiger partial charge is 0.457 e. The van der Waals surface area contributed by atoms with Crippen LogP contribution in [-0.2, 0) is 10.2 Å². The summed E-state index contributed by atoms with van der Waals surface area (Å²) in [5, 5.41) is 13.2. The van der Waals surface area contributed by atoms with Gasteiger partial charge >= 0.3 is 12.1 Å². The van der Waals surface area contributed by atoms with Gasteiger partial charge < -0.3 is 14.8 Å². The maximum Gasteiger partial charge on any atom is 0.412 e. The molecular weight excluding hydrogens is 528 g/mol. The predicted molar refractivity (Wildman–Crippen MR) is 158 cm³/mol. The van der Waals surface area contributed by atoms with E-state index in [0.717, 1.165) is 16.3 Å². The number of hydrogen-bond acceptors (Lipinski definition) is 7. The fourth-order valence-electron chi connectivity index (χ4n) is 3.66. The topological polar surface area (TPSA) is 119 Å². The molecule has 208 valence electrons. The van der Waals surface area contributed by atoms with Crippen molar-refractivity contribution in [2.45, 2.75) is 38.0 Å². The molecule has 0 saturated heterocycles. The molecule has 3 N–H and O–H groups in total. The van der Waals surface area contributed by atoms with Gasteiger partial charge in [0.15, 0.2) is 0 Å². The maximum atomic E-state index is 13.1. The molecule has 0 unspecified atom stereocenters. The van der Waals surface area contributed by atoms with E-state index < -0.39 is 12.1 Å². The van der Waals surface area contributed by atoms with E-state index in [1.54, 1.807) is 35.9 Å². The lowest BCUT2D eigenvalue weighted by molar-refractivity contribution is 0.168. The van der Waals surface area contributed by atoms with Crippen molar-refractivity contribution in [1.29, 1.82) is 0 Å². The van der Waals surface area contributed by atoms with Gasteiger partial charge in [0.05, 0.1) is 23.7 Å². The van der Waals surface area contributed by atoms with Crippen LogP contribution in [0, 0.1) is 0 Å². The molecule has 0 spiro atoms. The standard InChI is InChI=1S/C29H32N6O4S/c1-6-38-28(37)32-25-17-21(14-15-30-25)39-20-12-13-22(23(16-20)40-5)31-27(36)33-26-18-24(29(2,3)4)34-35(26)19-10-8-7-9-11-19/h7-18H,6H2,1-5H3,(H,30,32,37)(H2,31,33,36). The second kappa shape index (κ2) is 12.6. The number of aromatic nitrogens is 3. The van der Waals surface area contributed by atoms with Crippen molar-refractivity contribution < 1.29 is 19.1 Å². The molecular formula is C29H32N6O4S. The Balaban J connectivity index is 1.49. The zero-order valence-electron chi connectivity index (χ0n) is 23.0. The van der Waals surface area contributed by atoms with Crippen LogP contribution in [0.15, 0.2) is 77.8 Å². The third-order valence-electron chi connectivity index (χ3n) is 5.61. The number of para-hydroxylation sites is 1.